The Balaban J connectivity index is 1.43. The van der Waals surface area contributed by atoms with Crippen LogP contribution in [0, 0.1) is 5.82 Å². The number of nitrogens with zero attached hydrogens (tertiary/aromatic N) is 1. The molecule has 0 atom stereocenters. The lowest BCUT2D eigenvalue weighted by atomic mass is 10.1. The van der Waals surface area contributed by atoms with Gasteiger partial charge >= 0.3 is 0 Å². The number of carbonyl (C=O) groups is 1. The van der Waals surface area contributed by atoms with Crippen LogP contribution >= 0.6 is 11.3 Å². The van der Waals surface area contributed by atoms with Crippen molar-refractivity contribution in [1.82, 2.24) is 9.88 Å². The number of carbonyl (C=O) groups excluding carboxylic acids is 1. The summed E-state index contributed by atoms with van der Waals surface area (Å²) in [5, 5.41) is 4.91. The molecule has 3 heterocycles. The van der Waals surface area contributed by atoms with E-state index in [1.165, 1.54) is 23.5 Å². The molecule has 30 heavy (non-hydrogen) atoms. The highest BCUT2D eigenvalue weighted by Crippen LogP contribution is 2.35. The smallest absolute Gasteiger partial charge is 0.263 e. The minimum absolute atomic E-state index is 0.172. The van der Waals surface area contributed by atoms with Gasteiger partial charge in [-0.1, -0.05) is 18.2 Å². The molecule has 0 spiro atoms. The fourth-order valence-electron chi connectivity index (χ4n) is 3.40. The minimum Gasteiger partial charge on any atom is -0.454 e. The second kappa shape index (κ2) is 7.68. The van der Waals surface area contributed by atoms with E-state index in [4.69, 9.17) is 9.47 Å². The Hall–Kier alpha value is -3.58. The maximum Gasteiger partial charge on any atom is 0.263 e. The number of hydrogen-bond acceptors (Lipinski definition) is 4. The molecule has 0 saturated carbocycles. The first-order valence-corrected chi connectivity index (χ1v) is 10.2. The van der Waals surface area contributed by atoms with Crippen LogP contribution in [0.1, 0.15) is 15.2 Å². The van der Waals surface area contributed by atoms with E-state index < -0.39 is 0 Å². The molecule has 0 aliphatic carbocycles. The van der Waals surface area contributed by atoms with E-state index in [0.29, 0.717) is 22.9 Å². The van der Waals surface area contributed by atoms with Crippen LogP contribution in [0.2, 0.25) is 0 Å². The second-order valence-electron chi connectivity index (χ2n) is 6.79. The normalized spacial score (nSPS) is 12.2. The number of thiophene rings is 1. The highest BCUT2D eigenvalue weighted by molar-refractivity contribution is 7.13. The molecule has 0 fully saturated rings. The van der Waals surface area contributed by atoms with E-state index in [0.717, 1.165) is 22.4 Å². The van der Waals surface area contributed by atoms with Gasteiger partial charge in [0.15, 0.2) is 11.5 Å². The molecule has 1 amide bonds. The van der Waals surface area contributed by atoms with Crippen LogP contribution in [0.5, 0.6) is 11.5 Å². The Morgan fingerprint density at radius 3 is 2.63 bits per heavy atom. The van der Waals surface area contributed by atoms with E-state index in [1.54, 1.807) is 12.1 Å². The van der Waals surface area contributed by atoms with Crippen LogP contribution in [-0.2, 0) is 6.54 Å². The Morgan fingerprint density at radius 2 is 1.83 bits per heavy atom. The van der Waals surface area contributed by atoms with E-state index in [1.807, 2.05) is 52.7 Å². The van der Waals surface area contributed by atoms with Gasteiger partial charge in [-0.05, 0) is 47.5 Å². The van der Waals surface area contributed by atoms with Crippen molar-refractivity contribution in [3.05, 3.63) is 88.6 Å². The van der Waals surface area contributed by atoms with Gasteiger partial charge in [0.1, 0.15) is 10.7 Å². The van der Waals surface area contributed by atoms with Crippen molar-refractivity contribution < 1.29 is 18.7 Å². The predicted molar refractivity (Wildman–Crippen MR) is 113 cm³/mol. The summed E-state index contributed by atoms with van der Waals surface area (Å²) in [4.78, 5) is 13.6. The molecule has 2 aromatic carbocycles. The summed E-state index contributed by atoms with van der Waals surface area (Å²) in [5.74, 6) is 0.930. The lowest BCUT2D eigenvalue weighted by Gasteiger charge is -2.10. The van der Waals surface area contributed by atoms with Gasteiger partial charge < -0.3 is 19.4 Å². The van der Waals surface area contributed by atoms with Crippen molar-refractivity contribution in [1.29, 1.82) is 0 Å². The lowest BCUT2D eigenvalue weighted by molar-refractivity contribution is 0.0955. The van der Waals surface area contributed by atoms with Crippen LogP contribution in [0.3, 0.4) is 0 Å². The molecule has 1 N–H and O–H groups in total. The zero-order valence-electron chi connectivity index (χ0n) is 15.8. The molecule has 0 radical (unpaired) electrons. The van der Waals surface area contributed by atoms with Crippen molar-refractivity contribution in [2.45, 2.75) is 6.54 Å². The lowest BCUT2D eigenvalue weighted by Crippen LogP contribution is -2.23. The molecular formula is C23H17FN2O3S. The minimum atomic E-state index is -0.293. The zero-order chi connectivity index (χ0) is 20.5. The van der Waals surface area contributed by atoms with Gasteiger partial charge in [0.25, 0.3) is 5.91 Å². The summed E-state index contributed by atoms with van der Waals surface area (Å²) in [6, 6.07) is 15.7. The van der Waals surface area contributed by atoms with E-state index in [2.05, 4.69) is 5.32 Å². The molecule has 0 saturated heterocycles. The van der Waals surface area contributed by atoms with Crippen molar-refractivity contribution in [2.24, 2.45) is 0 Å². The standard InChI is InChI=1S/C23H17FN2O3S/c24-17-6-4-16(5-7-17)18-13-30-22(21(18)26-9-1-2-10-26)23(27)25-12-15-3-8-19-20(11-15)29-14-28-19/h1-11,13H,12,14H2,(H,25,27). The number of fused-ring (bicyclic) bond motifs is 1. The summed E-state index contributed by atoms with van der Waals surface area (Å²) in [7, 11) is 0. The van der Waals surface area contributed by atoms with Gasteiger partial charge in [-0.3, -0.25) is 4.79 Å². The number of benzene rings is 2. The highest BCUT2D eigenvalue weighted by atomic mass is 32.1. The average Bonchev–Trinajstić information content (AvgIpc) is 3.52. The first kappa shape index (κ1) is 18.4. The fourth-order valence-corrected chi connectivity index (χ4v) is 4.39. The van der Waals surface area contributed by atoms with Gasteiger partial charge in [-0.25, -0.2) is 4.39 Å². The van der Waals surface area contributed by atoms with Gasteiger partial charge in [-0.15, -0.1) is 11.3 Å². The number of ether oxygens (including phenoxy) is 2. The number of halogens is 1. The van der Waals surface area contributed by atoms with Gasteiger partial charge in [-0.2, -0.15) is 0 Å². The largest absolute Gasteiger partial charge is 0.454 e. The number of rotatable bonds is 5. The SMILES string of the molecule is O=C(NCc1ccc2c(c1)OCO2)c1scc(-c2ccc(F)cc2)c1-n1cccc1. The number of aromatic nitrogens is 1. The third kappa shape index (κ3) is 3.44. The third-order valence-corrected chi connectivity index (χ3v) is 5.85. The van der Waals surface area contributed by atoms with Gasteiger partial charge in [0, 0.05) is 29.9 Å². The third-order valence-electron chi connectivity index (χ3n) is 4.88. The van der Waals surface area contributed by atoms with Gasteiger partial charge in [0.05, 0.1) is 5.69 Å². The van der Waals surface area contributed by atoms with E-state index in [-0.39, 0.29) is 18.5 Å². The van der Waals surface area contributed by atoms with Gasteiger partial charge in [0.2, 0.25) is 6.79 Å². The summed E-state index contributed by atoms with van der Waals surface area (Å²) in [6.07, 6.45) is 3.79. The summed E-state index contributed by atoms with van der Waals surface area (Å²) >= 11 is 1.37. The van der Waals surface area contributed by atoms with Crippen LogP contribution in [0.25, 0.3) is 16.8 Å². The molecule has 1 aliphatic rings. The van der Waals surface area contributed by atoms with Crippen LogP contribution in [-0.4, -0.2) is 17.3 Å². The first-order valence-electron chi connectivity index (χ1n) is 9.36. The second-order valence-corrected chi connectivity index (χ2v) is 7.67. The van der Waals surface area contributed by atoms with Crippen LogP contribution in [0.15, 0.2) is 72.4 Å². The summed E-state index contributed by atoms with van der Waals surface area (Å²) < 4.78 is 26.0. The molecule has 4 aromatic rings. The number of amides is 1. The number of hydrogen-bond donors (Lipinski definition) is 1. The first-order chi connectivity index (χ1) is 14.7. The molecule has 5 nitrogen and oxygen atoms in total. The molecule has 0 unspecified atom stereocenters. The average molecular weight is 420 g/mol. The molecule has 7 heteroatoms. The molecule has 2 aromatic heterocycles. The Bertz CT molecular complexity index is 1200. The molecule has 5 rings (SSSR count). The summed E-state index contributed by atoms with van der Waals surface area (Å²) in [6.45, 7) is 0.580. The van der Waals surface area contributed by atoms with Crippen LogP contribution in [0.4, 0.5) is 4.39 Å². The zero-order valence-corrected chi connectivity index (χ0v) is 16.6. The fraction of sp³-hybridized carbons (Fsp3) is 0.0870. The summed E-state index contributed by atoms with van der Waals surface area (Å²) in [5.41, 5.74) is 3.43. The quantitative estimate of drug-likeness (QED) is 0.494. The highest BCUT2D eigenvalue weighted by Gasteiger charge is 2.21. The maximum atomic E-state index is 13.4. The predicted octanol–water partition coefficient (Wildman–Crippen LogP) is 5.00. The van der Waals surface area contributed by atoms with E-state index in [9.17, 15) is 9.18 Å². The molecule has 1 aliphatic heterocycles. The Labute approximate surface area is 176 Å². The van der Waals surface area contributed by atoms with Crippen LogP contribution < -0.4 is 14.8 Å². The molecule has 0 bridgehead atoms. The number of nitrogens with one attached hydrogen (secondary N) is 1. The molecular weight excluding hydrogens is 403 g/mol. The van der Waals surface area contributed by atoms with Crippen molar-refractivity contribution in [2.75, 3.05) is 6.79 Å². The van der Waals surface area contributed by atoms with Crippen molar-refractivity contribution >= 4 is 17.2 Å². The molecule has 150 valence electrons. The van der Waals surface area contributed by atoms with Crippen molar-refractivity contribution in [3.63, 3.8) is 0 Å². The monoisotopic (exact) mass is 420 g/mol. The van der Waals surface area contributed by atoms with Crippen molar-refractivity contribution in [3.8, 4) is 28.3 Å². The maximum absolute atomic E-state index is 13.4. The Kier molecular flexibility index (Phi) is 4.72. The Morgan fingerprint density at radius 1 is 1.07 bits per heavy atom. The topological polar surface area (TPSA) is 52.5 Å². The van der Waals surface area contributed by atoms with E-state index >= 15 is 0 Å².